The molecule has 1 unspecified atom stereocenters. The summed E-state index contributed by atoms with van der Waals surface area (Å²) in [7, 11) is 0. The number of hydrogen-bond donors (Lipinski definition) is 1. The molecule has 0 amide bonds. The minimum absolute atomic E-state index is 0.0723. The average molecular weight is 647 g/mol. The molecule has 0 aromatic heterocycles. The number of aliphatic hydroxyl groups excluding tert-OH is 1. The second kappa shape index (κ2) is 37.6. The molecular weight excluding hydrogens is 572 g/mol. The van der Waals surface area contributed by atoms with Gasteiger partial charge in [0.05, 0.1) is 6.61 Å². The molecule has 0 spiro atoms. The highest BCUT2D eigenvalue weighted by atomic mass is 16.6. The standard InChI is InChI=1S/C41H74O5/c1-3-5-7-9-11-13-15-17-19-20-22-24-26-28-30-32-34-36-41(44)46-39(37-42)38-45-40(43)35-33-31-29-27-25-23-21-18-16-14-12-10-8-6-4-2/h6,8,12,14,18,21,39,42H,3-5,7,9-11,13,15-17,19-20,22-38H2,1-2H3. The highest BCUT2D eigenvalue weighted by Crippen LogP contribution is 2.15. The van der Waals surface area contributed by atoms with Gasteiger partial charge in [0.1, 0.15) is 6.61 Å². The number of carbonyl (C=O) groups is 2. The van der Waals surface area contributed by atoms with Gasteiger partial charge in [-0.1, -0.05) is 172 Å². The van der Waals surface area contributed by atoms with Gasteiger partial charge in [0, 0.05) is 12.8 Å². The smallest absolute Gasteiger partial charge is 0.306 e. The third-order valence-electron chi connectivity index (χ3n) is 8.45. The number of unbranched alkanes of at least 4 members (excludes halogenated alkanes) is 21. The molecular formula is C41H74O5. The normalized spacial score (nSPS) is 12.5. The molecule has 1 atom stereocenters. The van der Waals surface area contributed by atoms with E-state index in [4.69, 9.17) is 9.47 Å². The minimum atomic E-state index is -0.774. The summed E-state index contributed by atoms with van der Waals surface area (Å²) in [4.78, 5) is 24.2. The van der Waals surface area contributed by atoms with Crippen molar-refractivity contribution in [2.75, 3.05) is 13.2 Å². The molecule has 5 heteroatoms. The summed E-state index contributed by atoms with van der Waals surface area (Å²) < 4.78 is 10.6. The Morgan fingerprint density at radius 1 is 0.522 bits per heavy atom. The number of allylic oxidation sites excluding steroid dienone is 6. The molecule has 0 rings (SSSR count). The van der Waals surface area contributed by atoms with E-state index in [1.165, 1.54) is 103 Å². The first kappa shape index (κ1) is 44.1. The molecule has 0 saturated carbocycles. The molecule has 0 fully saturated rings. The van der Waals surface area contributed by atoms with Crippen LogP contribution in [-0.4, -0.2) is 36.4 Å². The van der Waals surface area contributed by atoms with Crippen LogP contribution in [0.1, 0.15) is 194 Å². The molecule has 0 bridgehead atoms. The predicted octanol–water partition coefficient (Wildman–Crippen LogP) is 12.1. The fourth-order valence-corrected chi connectivity index (χ4v) is 5.51. The van der Waals surface area contributed by atoms with E-state index >= 15 is 0 Å². The quantitative estimate of drug-likeness (QED) is 0.0421. The third kappa shape index (κ3) is 35.0. The molecule has 0 radical (unpaired) electrons. The minimum Gasteiger partial charge on any atom is -0.462 e. The molecule has 0 heterocycles. The van der Waals surface area contributed by atoms with Gasteiger partial charge >= 0.3 is 11.9 Å². The van der Waals surface area contributed by atoms with Crippen molar-refractivity contribution in [3.63, 3.8) is 0 Å². The van der Waals surface area contributed by atoms with Crippen LogP contribution >= 0.6 is 0 Å². The van der Waals surface area contributed by atoms with E-state index in [-0.39, 0.29) is 25.2 Å². The molecule has 0 saturated heterocycles. The zero-order chi connectivity index (χ0) is 33.6. The molecule has 0 aliphatic heterocycles. The highest BCUT2D eigenvalue weighted by molar-refractivity contribution is 5.70. The Labute approximate surface area is 285 Å². The van der Waals surface area contributed by atoms with E-state index in [0.29, 0.717) is 12.8 Å². The molecule has 0 aromatic rings. The Balaban J connectivity index is 3.55. The van der Waals surface area contributed by atoms with Crippen LogP contribution < -0.4 is 0 Å². The lowest BCUT2D eigenvalue weighted by Gasteiger charge is -2.15. The first-order chi connectivity index (χ1) is 22.6. The maximum atomic E-state index is 12.2. The Bertz CT molecular complexity index is 741. The molecule has 5 nitrogen and oxygen atoms in total. The molecule has 1 N–H and O–H groups in total. The van der Waals surface area contributed by atoms with Crippen LogP contribution in [0.5, 0.6) is 0 Å². The van der Waals surface area contributed by atoms with Crippen molar-refractivity contribution in [2.45, 2.75) is 200 Å². The lowest BCUT2D eigenvalue weighted by molar-refractivity contribution is -0.161. The predicted molar refractivity (Wildman–Crippen MR) is 196 cm³/mol. The second-order valence-corrected chi connectivity index (χ2v) is 13.0. The van der Waals surface area contributed by atoms with Crippen LogP contribution in [-0.2, 0) is 19.1 Å². The van der Waals surface area contributed by atoms with Crippen LogP contribution in [0.4, 0.5) is 0 Å². The average Bonchev–Trinajstić information content (AvgIpc) is 3.06. The van der Waals surface area contributed by atoms with Crippen LogP contribution in [0.15, 0.2) is 36.5 Å². The summed E-state index contributed by atoms with van der Waals surface area (Å²) >= 11 is 0. The Morgan fingerprint density at radius 2 is 0.935 bits per heavy atom. The van der Waals surface area contributed by atoms with Crippen molar-refractivity contribution in [2.24, 2.45) is 0 Å². The van der Waals surface area contributed by atoms with Crippen LogP contribution in [0.25, 0.3) is 0 Å². The SMILES string of the molecule is CCC=CCC=CCC=CCCCCCCCC(=O)OCC(CO)OC(=O)CCCCCCCCCCCCCCCCCCC. The molecule has 46 heavy (non-hydrogen) atoms. The maximum absolute atomic E-state index is 12.2. The summed E-state index contributed by atoms with van der Waals surface area (Å²) in [5.41, 5.74) is 0. The van der Waals surface area contributed by atoms with E-state index in [2.05, 4.69) is 50.3 Å². The summed E-state index contributed by atoms with van der Waals surface area (Å²) in [5.74, 6) is -0.606. The molecule has 0 aliphatic rings. The number of ether oxygens (including phenoxy) is 2. The fraction of sp³-hybridized carbons (Fsp3) is 0.805. The van der Waals surface area contributed by atoms with E-state index < -0.39 is 6.10 Å². The lowest BCUT2D eigenvalue weighted by atomic mass is 10.0. The van der Waals surface area contributed by atoms with Gasteiger partial charge in [0.2, 0.25) is 0 Å². The van der Waals surface area contributed by atoms with Gasteiger partial charge in [-0.2, -0.15) is 0 Å². The van der Waals surface area contributed by atoms with E-state index in [9.17, 15) is 14.7 Å². The van der Waals surface area contributed by atoms with Crippen LogP contribution in [0.3, 0.4) is 0 Å². The summed E-state index contributed by atoms with van der Waals surface area (Å²) in [6.45, 7) is 4.02. The zero-order valence-electron chi connectivity index (χ0n) is 30.3. The van der Waals surface area contributed by atoms with Crippen molar-refractivity contribution < 1.29 is 24.2 Å². The van der Waals surface area contributed by atoms with Gasteiger partial charge in [0.25, 0.3) is 0 Å². The number of rotatable bonds is 35. The Morgan fingerprint density at radius 3 is 1.41 bits per heavy atom. The monoisotopic (exact) mass is 647 g/mol. The Hall–Kier alpha value is -1.88. The number of hydrogen-bond acceptors (Lipinski definition) is 5. The van der Waals surface area contributed by atoms with Gasteiger partial charge in [-0.3, -0.25) is 9.59 Å². The summed E-state index contributed by atoms with van der Waals surface area (Å²) in [6, 6.07) is 0. The first-order valence-corrected chi connectivity index (χ1v) is 19.5. The molecule has 268 valence electrons. The zero-order valence-corrected chi connectivity index (χ0v) is 30.3. The second-order valence-electron chi connectivity index (χ2n) is 13.0. The topological polar surface area (TPSA) is 72.8 Å². The van der Waals surface area contributed by atoms with Crippen molar-refractivity contribution in [1.29, 1.82) is 0 Å². The van der Waals surface area contributed by atoms with Crippen LogP contribution in [0, 0.1) is 0 Å². The van der Waals surface area contributed by atoms with Gasteiger partial charge in [-0.25, -0.2) is 0 Å². The number of aliphatic hydroxyl groups is 1. The molecule has 0 aliphatic carbocycles. The van der Waals surface area contributed by atoms with Gasteiger partial charge in [-0.05, 0) is 44.9 Å². The third-order valence-corrected chi connectivity index (χ3v) is 8.45. The van der Waals surface area contributed by atoms with Gasteiger partial charge < -0.3 is 14.6 Å². The van der Waals surface area contributed by atoms with Crippen molar-refractivity contribution in [3.05, 3.63) is 36.5 Å². The first-order valence-electron chi connectivity index (χ1n) is 19.5. The number of esters is 2. The van der Waals surface area contributed by atoms with Gasteiger partial charge in [-0.15, -0.1) is 0 Å². The lowest BCUT2D eigenvalue weighted by Crippen LogP contribution is -2.28. The van der Waals surface area contributed by atoms with E-state index in [0.717, 1.165) is 64.2 Å². The summed E-state index contributed by atoms with van der Waals surface area (Å²) in [6.07, 6.45) is 44.9. The van der Waals surface area contributed by atoms with E-state index in [1.54, 1.807) is 0 Å². The van der Waals surface area contributed by atoms with Crippen molar-refractivity contribution in [1.82, 2.24) is 0 Å². The molecule has 0 aromatic carbocycles. The van der Waals surface area contributed by atoms with Crippen LogP contribution in [0.2, 0.25) is 0 Å². The number of carbonyl (C=O) groups excluding carboxylic acids is 2. The maximum Gasteiger partial charge on any atom is 0.306 e. The van der Waals surface area contributed by atoms with Crippen molar-refractivity contribution in [3.8, 4) is 0 Å². The van der Waals surface area contributed by atoms with E-state index in [1.807, 2.05) is 0 Å². The Kier molecular flexibility index (Phi) is 36.0. The fourth-order valence-electron chi connectivity index (χ4n) is 5.51. The largest absolute Gasteiger partial charge is 0.462 e. The highest BCUT2D eigenvalue weighted by Gasteiger charge is 2.16. The van der Waals surface area contributed by atoms with Crippen molar-refractivity contribution >= 4 is 11.9 Å². The van der Waals surface area contributed by atoms with Gasteiger partial charge in [0.15, 0.2) is 6.10 Å². The summed E-state index contributed by atoms with van der Waals surface area (Å²) in [5, 5.41) is 9.55.